The third-order valence-electron chi connectivity index (χ3n) is 14.0. The molecular formula is C61H66N3OPtSi-. The first-order valence-electron chi connectivity index (χ1n) is 23.9. The smallest absolute Gasteiger partial charge is 0.148 e. The van der Waals surface area contributed by atoms with Crippen LogP contribution >= 0.6 is 0 Å². The molecule has 0 amide bonds. The van der Waals surface area contributed by atoms with E-state index in [4.69, 9.17) is 9.97 Å². The van der Waals surface area contributed by atoms with E-state index in [-0.39, 0.29) is 43.1 Å². The molecule has 0 bridgehead atoms. The van der Waals surface area contributed by atoms with Crippen molar-refractivity contribution in [1.82, 2.24) is 14.5 Å². The summed E-state index contributed by atoms with van der Waals surface area (Å²) in [6.45, 7) is 25.2. The van der Waals surface area contributed by atoms with Crippen LogP contribution in [0.4, 0.5) is 0 Å². The van der Waals surface area contributed by atoms with E-state index in [2.05, 4.69) is 220 Å². The van der Waals surface area contributed by atoms with Crippen molar-refractivity contribution in [1.29, 1.82) is 0 Å². The van der Waals surface area contributed by atoms with E-state index in [0.717, 1.165) is 78.0 Å². The number of hydrogen-bond acceptors (Lipinski definition) is 3. The van der Waals surface area contributed by atoms with Crippen molar-refractivity contribution in [2.75, 3.05) is 0 Å². The number of fused-ring (bicyclic) bond motifs is 1. The molecule has 9 rings (SSSR count). The fourth-order valence-corrected chi connectivity index (χ4v) is 12.3. The molecule has 4 nitrogen and oxygen atoms in total. The third-order valence-corrected chi connectivity index (χ3v) is 17.3. The van der Waals surface area contributed by atoms with Gasteiger partial charge in [-0.2, -0.15) is 0 Å². The topological polar surface area (TPSA) is 50.9 Å². The third kappa shape index (κ3) is 9.83. The van der Waals surface area contributed by atoms with Crippen LogP contribution in [0, 0.1) is 6.07 Å². The molecule has 1 N–H and O–H groups in total. The van der Waals surface area contributed by atoms with Gasteiger partial charge < -0.3 is 5.11 Å². The van der Waals surface area contributed by atoms with Gasteiger partial charge in [0.25, 0.3) is 0 Å². The van der Waals surface area contributed by atoms with Crippen LogP contribution in [0.25, 0.3) is 72.7 Å². The van der Waals surface area contributed by atoms with E-state index in [1.165, 1.54) is 36.1 Å². The molecule has 8 aromatic rings. The summed E-state index contributed by atoms with van der Waals surface area (Å²) in [6.07, 6.45) is 4.40. The van der Waals surface area contributed by atoms with Crippen LogP contribution in [-0.4, -0.2) is 27.7 Å². The van der Waals surface area contributed by atoms with Crippen molar-refractivity contribution in [3.8, 4) is 67.5 Å². The van der Waals surface area contributed by atoms with Crippen molar-refractivity contribution >= 4 is 19.1 Å². The summed E-state index contributed by atoms with van der Waals surface area (Å²) in [6, 6.07) is 54.8. The Bertz CT molecular complexity index is 3070. The van der Waals surface area contributed by atoms with Crippen LogP contribution in [0.2, 0.25) is 25.2 Å². The molecule has 6 heteroatoms. The van der Waals surface area contributed by atoms with Crippen molar-refractivity contribution in [3.05, 3.63) is 168 Å². The number of phenolic OH excluding ortho intramolecular Hbond substituents is 1. The van der Waals surface area contributed by atoms with Gasteiger partial charge in [-0.25, -0.2) is 4.98 Å². The number of rotatable bonds is 7. The van der Waals surface area contributed by atoms with Gasteiger partial charge in [-0.3, -0.25) is 9.55 Å². The minimum Gasteiger partial charge on any atom is -0.507 e. The minimum absolute atomic E-state index is 0. The Morgan fingerprint density at radius 1 is 0.597 bits per heavy atom. The van der Waals surface area contributed by atoms with Gasteiger partial charge in [-0.15, -0.1) is 29.3 Å². The van der Waals surface area contributed by atoms with Gasteiger partial charge in [0.1, 0.15) is 11.6 Å². The van der Waals surface area contributed by atoms with Crippen molar-refractivity contribution < 1.29 is 26.2 Å². The van der Waals surface area contributed by atoms with E-state index < -0.39 is 8.07 Å². The molecule has 1 saturated heterocycles. The number of pyridine rings is 1. The Balaban J connectivity index is 0.00000608. The van der Waals surface area contributed by atoms with Gasteiger partial charge in [0, 0.05) is 52.2 Å². The van der Waals surface area contributed by atoms with Crippen molar-refractivity contribution in [2.45, 2.75) is 123 Å². The molecule has 67 heavy (non-hydrogen) atoms. The van der Waals surface area contributed by atoms with Crippen molar-refractivity contribution in [2.24, 2.45) is 0 Å². The second-order valence-corrected chi connectivity index (χ2v) is 28.0. The van der Waals surface area contributed by atoms with Crippen LogP contribution < -0.4 is 0 Å². The average molecular weight is 1080 g/mol. The van der Waals surface area contributed by atoms with Crippen LogP contribution in [-0.2, 0) is 37.3 Å². The first-order valence-corrected chi connectivity index (χ1v) is 27.4. The standard InChI is InChI=1S/C61H66N3OSi.Pt/c1-59(2,3)47-34-45(33-46(35-47)53-37-44(27-30-62-53)40-19-14-12-15-20-40)49-23-18-24-55-56(49)63-58(51-38-48(60(4,5)6)39-52(57(51)65)61(7,8)9)64(55)54-26-25-43(41-28-31-66(10,11)32-29-41)36-50(54)42-21-16-13-17-22-42;/h12-27,30,34-39,41,65H,28-29,31-32H2,1-11H3;/q-1;. The largest absolute Gasteiger partial charge is 0.507 e. The molecule has 0 aliphatic carbocycles. The number of imidazole rings is 1. The molecule has 1 aliphatic heterocycles. The second kappa shape index (κ2) is 18.3. The molecule has 346 valence electrons. The van der Waals surface area contributed by atoms with E-state index >= 15 is 0 Å². The summed E-state index contributed by atoms with van der Waals surface area (Å²) in [4.78, 5) is 10.7. The number of aromatic hydroxyl groups is 1. The molecule has 6 aromatic carbocycles. The fourth-order valence-electron chi connectivity index (χ4n) is 9.81. The zero-order chi connectivity index (χ0) is 46.8. The van der Waals surface area contributed by atoms with Gasteiger partial charge in [-0.05, 0) is 93.2 Å². The number of aromatic nitrogens is 3. The number of nitrogens with zero attached hydrogens (tertiary/aromatic N) is 3. The van der Waals surface area contributed by atoms with Crippen LogP contribution in [0.5, 0.6) is 5.75 Å². The van der Waals surface area contributed by atoms with E-state index in [1.807, 2.05) is 6.20 Å². The molecule has 3 heterocycles. The van der Waals surface area contributed by atoms with Crippen LogP contribution in [0.15, 0.2) is 140 Å². The summed E-state index contributed by atoms with van der Waals surface area (Å²) >= 11 is 0. The minimum atomic E-state index is -1.14. The van der Waals surface area contributed by atoms with Crippen molar-refractivity contribution in [3.63, 3.8) is 0 Å². The maximum Gasteiger partial charge on any atom is 0.148 e. The van der Waals surface area contributed by atoms with Gasteiger partial charge in [0.05, 0.1) is 22.3 Å². The maximum absolute atomic E-state index is 12.6. The average Bonchev–Trinajstić information content (AvgIpc) is 3.68. The normalized spacial score (nSPS) is 14.6. The molecular weight excluding hydrogens is 1010 g/mol. The SMILES string of the molecule is CC(C)(C)c1cc(-c2cc(-c3ccccc3)ccn2)[c-]c(-c2cccc3c2nc(-c2cc(C(C)(C)C)cc(C(C)(C)C)c2O)n3-c2ccc(C3CC[Si](C)(C)CC3)cc2-c2ccccc2)c1.[Pt]. The Morgan fingerprint density at radius 3 is 1.87 bits per heavy atom. The van der Waals surface area contributed by atoms with Gasteiger partial charge in [0.2, 0.25) is 0 Å². The fraction of sp³-hybridized carbons (Fsp3) is 0.311. The Kier molecular flexibility index (Phi) is 13.1. The summed E-state index contributed by atoms with van der Waals surface area (Å²) in [5, 5.41) is 12.6. The number of benzene rings is 6. The van der Waals surface area contributed by atoms with Gasteiger partial charge >= 0.3 is 0 Å². The Hall–Kier alpha value is -5.35. The molecule has 1 aliphatic rings. The number of hydrogen-bond donors (Lipinski definition) is 1. The van der Waals surface area contributed by atoms with E-state index in [0.29, 0.717) is 11.7 Å². The summed E-state index contributed by atoms with van der Waals surface area (Å²) in [7, 11) is -1.14. The second-order valence-electron chi connectivity index (χ2n) is 22.7. The quantitative estimate of drug-likeness (QED) is 0.128. The summed E-state index contributed by atoms with van der Waals surface area (Å²) in [5.41, 5.74) is 15.9. The maximum atomic E-state index is 12.6. The van der Waals surface area contributed by atoms with E-state index in [9.17, 15) is 5.11 Å². The van der Waals surface area contributed by atoms with Crippen LogP contribution in [0.3, 0.4) is 0 Å². The predicted octanol–water partition coefficient (Wildman–Crippen LogP) is 16.7. The zero-order valence-corrected chi connectivity index (χ0v) is 44.6. The molecule has 2 aromatic heterocycles. The Labute approximate surface area is 415 Å². The molecule has 0 unspecified atom stereocenters. The molecule has 1 fully saturated rings. The zero-order valence-electron chi connectivity index (χ0n) is 41.3. The van der Waals surface area contributed by atoms with Crippen LogP contribution in [0.1, 0.15) is 103 Å². The van der Waals surface area contributed by atoms with Gasteiger partial charge in [-0.1, -0.05) is 190 Å². The molecule has 0 atom stereocenters. The van der Waals surface area contributed by atoms with Gasteiger partial charge in [0.15, 0.2) is 0 Å². The Morgan fingerprint density at radius 2 is 1.22 bits per heavy atom. The molecule has 0 radical (unpaired) electrons. The molecule has 0 saturated carbocycles. The number of para-hydroxylation sites is 1. The summed E-state index contributed by atoms with van der Waals surface area (Å²) in [5.74, 6) is 1.52. The first-order chi connectivity index (χ1) is 31.2. The first kappa shape index (κ1) is 48.1. The van der Waals surface area contributed by atoms with E-state index in [1.54, 1.807) is 0 Å². The summed E-state index contributed by atoms with van der Waals surface area (Å²) < 4.78 is 2.33. The monoisotopic (exact) mass is 1080 g/mol. The number of phenols is 1. The molecule has 0 spiro atoms. The predicted molar refractivity (Wildman–Crippen MR) is 282 cm³/mol.